The van der Waals surface area contributed by atoms with Crippen LogP contribution in [-0.4, -0.2) is 30.4 Å². The van der Waals surface area contributed by atoms with E-state index in [1.165, 1.54) is 6.08 Å². The summed E-state index contributed by atoms with van der Waals surface area (Å²) < 4.78 is 6.97. The van der Waals surface area contributed by atoms with Crippen LogP contribution < -0.4 is 20.3 Å². The van der Waals surface area contributed by atoms with Gasteiger partial charge in [-0.15, -0.1) is 0 Å². The number of nitrogens with zero attached hydrogens (tertiary/aromatic N) is 1. The normalized spacial score (nSPS) is 14.5. The highest BCUT2D eigenvalue weighted by Gasteiger charge is 2.37. The molecule has 1 fully saturated rings. The van der Waals surface area contributed by atoms with Gasteiger partial charge in [-0.05, 0) is 108 Å². The fourth-order valence-corrected chi connectivity index (χ4v) is 5.28. The summed E-state index contributed by atoms with van der Waals surface area (Å²) in [7, 11) is 0. The molecular formula is C29H25Br2N3O5. The number of carbonyl (C=O) groups excluding carboxylic acids is 4. The molecule has 0 aliphatic carbocycles. The zero-order valence-electron chi connectivity index (χ0n) is 21.6. The first-order valence-electron chi connectivity index (χ1n) is 11.9. The Balaban J connectivity index is 1.62. The van der Waals surface area contributed by atoms with E-state index in [0.717, 1.165) is 27.2 Å². The number of nitrogens with one attached hydrogen (secondary N) is 2. The maximum Gasteiger partial charge on any atom is 0.335 e. The summed E-state index contributed by atoms with van der Waals surface area (Å²) in [4.78, 5) is 52.3. The lowest BCUT2D eigenvalue weighted by Gasteiger charge is -2.27. The first kappa shape index (κ1) is 28.3. The van der Waals surface area contributed by atoms with Gasteiger partial charge in [-0.25, -0.2) is 9.69 Å². The third-order valence-electron chi connectivity index (χ3n) is 6.33. The molecule has 3 aromatic rings. The molecule has 4 rings (SSSR count). The van der Waals surface area contributed by atoms with E-state index in [2.05, 4.69) is 42.5 Å². The second kappa shape index (κ2) is 11.5. The Morgan fingerprint density at radius 1 is 0.923 bits per heavy atom. The Hall–Kier alpha value is -3.76. The van der Waals surface area contributed by atoms with Gasteiger partial charge in [-0.2, -0.15) is 0 Å². The highest BCUT2D eigenvalue weighted by atomic mass is 79.9. The molecule has 39 heavy (non-hydrogen) atoms. The molecule has 0 spiro atoms. The van der Waals surface area contributed by atoms with Crippen molar-refractivity contribution in [3.63, 3.8) is 0 Å². The molecule has 10 heteroatoms. The maximum absolute atomic E-state index is 13.4. The second-order valence-corrected chi connectivity index (χ2v) is 10.9. The number of aryl methyl sites for hydroxylation is 4. The van der Waals surface area contributed by atoms with Gasteiger partial charge in [0.25, 0.3) is 17.7 Å². The minimum atomic E-state index is -0.834. The minimum absolute atomic E-state index is 0.246. The van der Waals surface area contributed by atoms with Crippen LogP contribution >= 0.6 is 31.9 Å². The van der Waals surface area contributed by atoms with Crippen LogP contribution in [0.1, 0.15) is 27.8 Å². The van der Waals surface area contributed by atoms with E-state index < -0.39 is 17.8 Å². The lowest BCUT2D eigenvalue weighted by molar-refractivity contribution is -0.122. The number of barbiturate groups is 1. The van der Waals surface area contributed by atoms with Crippen molar-refractivity contribution in [2.75, 3.05) is 16.8 Å². The molecule has 0 atom stereocenters. The zero-order valence-corrected chi connectivity index (χ0v) is 24.8. The molecule has 2 N–H and O–H groups in total. The van der Waals surface area contributed by atoms with Gasteiger partial charge in [0, 0.05) is 15.7 Å². The molecule has 0 unspecified atom stereocenters. The van der Waals surface area contributed by atoms with Crippen LogP contribution in [0.5, 0.6) is 5.75 Å². The second-order valence-electron chi connectivity index (χ2n) is 9.17. The minimum Gasteiger partial charge on any atom is -0.482 e. The van der Waals surface area contributed by atoms with Crippen LogP contribution in [0.2, 0.25) is 0 Å². The number of amides is 5. The molecule has 0 radical (unpaired) electrons. The smallest absolute Gasteiger partial charge is 0.335 e. The number of ether oxygens (including phenoxy) is 1. The Bertz CT molecular complexity index is 1560. The number of urea groups is 1. The average Bonchev–Trinajstić information content (AvgIpc) is 2.85. The fourth-order valence-electron chi connectivity index (χ4n) is 3.91. The van der Waals surface area contributed by atoms with Gasteiger partial charge in [-0.1, -0.05) is 28.1 Å². The molecule has 1 aliphatic rings. The quantitative estimate of drug-likeness (QED) is 0.246. The van der Waals surface area contributed by atoms with Gasteiger partial charge in [0.1, 0.15) is 11.3 Å². The number of hydrogen-bond acceptors (Lipinski definition) is 5. The number of halogens is 2. The van der Waals surface area contributed by atoms with E-state index in [9.17, 15) is 19.2 Å². The van der Waals surface area contributed by atoms with Crippen molar-refractivity contribution >= 4 is 73.1 Å². The molecule has 5 amide bonds. The molecular weight excluding hydrogens is 630 g/mol. The lowest BCUT2D eigenvalue weighted by Crippen LogP contribution is -2.54. The first-order chi connectivity index (χ1) is 18.4. The summed E-state index contributed by atoms with van der Waals surface area (Å²) >= 11 is 6.84. The van der Waals surface area contributed by atoms with Gasteiger partial charge in [-0.3, -0.25) is 19.7 Å². The highest BCUT2D eigenvalue weighted by molar-refractivity contribution is 9.11. The number of rotatable bonds is 6. The summed E-state index contributed by atoms with van der Waals surface area (Å²) in [5.74, 6) is -1.75. The molecule has 1 aliphatic heterocycles. The van der Waals surface area contributed by atoms with E-state index in [4.69, 9.17) is 4.74 Å². The summed E-state index contributed by atoms with van der Waals surface area (Å²) in [6.45, 7) is 7.40. The van der Waals surface area contributed by atoms with Crippen LogP contribution in [0, 0.1) is 27.7 Å². The van der Waals surface area contributed by atoms with E-state index in [0.29, 0.717) is 25.9 Å². The van der Waals surface area contributed by atoms with E-state index in [1.807, 2.05) is 45.9 Å². The SMILES string of the molecule is Cc1ccc(NC(=O)COc2c(Br)cc(Br)cc2/C=C2/C(=O)NC(=O)N(c3ccc(C)c(C)c3)C2=O)cc1C. The molecule has 3 aromatic carbocycles. The van der Waals surface area contributed by atoms with Gasteiger partial charge < -0.3 is 10.1 Å². The Morgan fingerprint density at radius 2 is 1.59 bits per heavy atom. The van der Waals surface area contributed by atoms with Gasteiger partial charge in [0.05, 0.1) is 10.2 Å². The highest BCUT2D eigenvalue weighted by Crippen LogP contribution is 2.35. The van der Waals surface area contributed by atoms with Crippen LogP contribution in [0.3, 0.4) is 0 Å². The van der Waals surface area contributed by atoms with Gasteiger partial charge >= 0.3 is 6.03 Å². The summed E-state index contributed by atoms with van der Waals surface area (Å²) in [6, 6.07) is 13.3. The number of anilines is 2. The molecule has 200 valence electrons. The Labute approximate surface area is 242 Å². The molecule has 8 nitrogen and oxygen atoms in total. The van der Waals surface area contributed by atoms with Crippen molar-refractivity contribution in [1.82, 2.24) is 5.32 Å². The predicted octanol–water partition coefficient (Wildman–Crippen LogP) is 6.13. The third kappa shape index (κ3) is 6.29. The van der Waals surface area contributed by atoms with Crippen LogP contribution in [0.15, 0.2) is 63.0 Å². The van der Waals surface area contributed by atoms with Crippen molar-refractivity contribution in [3.8, 4) is 5.75 Å². The summed E-state index contributed by atoms with van der Waals surface area (Å²) in [5, 5.41) is 5.02. The third-order valence-corrected chi connectivity index (χ3v) is 7.37. The monoisotopic (exact) mass is 653 g/mol. The van der Waals surface area contributed by atoms with E-state index >= 15 is 0 Å². The van der Waals surface area contributed by atoms with Gasteiger partial charge in [0.15, 0.2) is 6.61 Å². The summed E-state index contributed by atoms with van der Waals surface area (Å²) in [5.41, 5.74) is 5.12. The number of imide groups is 2. The Kier molecular flexibility index (Phi) is 8.36. The first-order valence-corrected chi connectivity index (χ1v) is 13.5. The number of hydrogen-bond donors (Lipinski definition) is 2. The van der Waals surface area contributed by atoms with Crippen molar-refractivity contribution in [1.29, 1.82) is 0 Å². The van der Waals surface area contributed by atoms with E-state index in [-0.39, 0.29) is 23.8 Å². The van der Waals surface area contributed by atoms with Crippen LogP contribution in [-0.2, 0) is 14.4 Å². The van der Waals surface area contributed by atoms with Crippen molar-refractivity contribution < 1.29 is 23.9 Å². The maximum atomic E-state index is 13.4. The molecule has 0 saturated carbocycles. The van der Waals surface area contributed by atoms with Crippen LogP contribution in [0.4, 0.5) is 16.2 Å². The molecule has 1 saturated heterocycles. The van der Waals surface area contributed by atoms with Crippen molar-refractivity contribution in [3.05, 3.63) is 90.9 Å². The van der Waals surface area contributed by atoms with Crippen molar-refractivity contribution in [2.24, 2.45) is 0 Å². The molecule has 0 bridgehead atoms. The number of carbonyl (C=O) groups is 4. The fraction of sp³-hybridized carbons (Fsp3) is 0.172. The zero-order chi connectivity index (χ0) is 28.4. The Morgan fingerprint density at radius 3 is 2.26 bits per heavy atom. The number of benzene rings is 3. The lowest BCUT2D eigenvalue weighted by atomic mass is 10.0. The standard InChI is InChI=1S/C29H25Br2N3O5/c1-15-5-7-21(9-17(15)3)32-25(35)14-39-26-19(11-20(30)13-24(26)31)12-23-27(36)33-29(38)34(28(23)37)22-8-6-16(2)18(4)10-22/h5-13H,14H2,1-4H3,(H,32,35)(H,33,36,38)/b23-12-. The average molecular weight is 655 g/mol. The topological polar surface area (TPSA) is 105 Å². The van der Waals surface area contributed by atoms with E-state index in [1.54, 1.807) is 30.3 Å². The van der Waals surface area contributed by atoms with Crippen molar-refractivity contribution in [2.45, 2.75) is 27.7 Å². The molecule has 1 heterocycles. The largest absolute Gasteiger partial charge is 0.482 e. The van der Waals surface area contributed by atoms with Crippen LogP contribution in [0.25, 0.3) is 6.08 Å². The summed E-state index contributed by atoms with van der Waals surface area (Å²) in [6.07, 6.45) is 1.34. The van der Waals surface area contributed by atoms with Gasteiger partial charge in [0.2, 0.25) is 0 Å². The predicted molar refractivity (Wildman–Crippen MR) is 157 cm³/mol. The molecule has 0 aromatic heterocycles.